The summed E-state index contributed by atoms with van der Waals surface area (Å²) in [5.41, 5.74) is 6.82. The Kier molecular flexibility index (Phi) is 5.23. The highest BCUT2D eigenvalue weighted by Gasteiger charge is 2.20. The van der Waals surface area contributed by atoms with Gasteiger partial charge in [0.1, 0.15) is 5.58 Å². The maximum Gasteiger partial charge on any atom is 0.336 e. The highest BCUT2D eigenvalue weighted by atomic mass is 16.4. The molecule has 0 amide bonds. The molecular formula is C24H28N2O2. The SMILES string of the molecule is CCc1ccc2oc(=O)cc(CN3CCN(c4cccc(C)c4C)CC3)c2c1. The summed E-state index contributed by atoms with van der Waals surface area (Å²) < 4.78 is 5.41. The molecule has 4 rings (SSSR count). The summed E-state index contributed by atoms with van der Waals surface area (Å²) in [5.74, 6) is 0. The largest absolute Gasteiger partial charge is 0.423 e. The molecule has 28 heavy (non-hydrogen) atoms. The normalized spacial score (nSPS) is 15.3. The first kappa shape index (κ1) is 18.8. The van der Waals surface area contributed by atoms with E-state index in [-0.39, 0.29) is 5.63 Å². The van der Waals surface area contributed by atoms with Crippen molar-refractivity contribution in [3.8, 4) is 0 Å². The van der Waals surface area contributed by atoms with Crippen molar-refractivity contribution in [1.82, 2.24) is 4.90 Å². The van der Waals surface area contributed by atoms with Gasteiger partial charge in [-0.15, -0.1) is 0 Å². The number of nitrogens with zero attached hydrogens (tertiary/aromatic N) is 2. The lowest BCUT2D eigenvalue weighted by Gasteiger charge is -2.37. The molecule has 1 aliphatic rings. The second-order valence-corrected chi connectivity index (χ2v) is 7.76. The molecule has 0 spiro atoms. The molecule has 3 aromatic rings. The summed E-state index contributed by atoms with van der Waals surface area (Å²) in [6.45, 7) is 11.3. The third-order valence-electron chi connectivity index (χ3n) is 5.98. The third-order valence-corrected chi connectivity index (χ3v) is 5.98. The molecule has 1 saturated heterocycles. The molecule has 0 aliphatic carbocycles. The number of rotatable bonds is 4. The molecule has 2 heterocycles. The highest BCUT2D eigenvalue weighted by molar-refractivity contribution is 5.81. The van der Waals surface area contributed by atoms with Crippen LogP contribution in [0.1, 0.15) is 29.2 Å². The number of anilines is 1. The van der Waals surface area contributed by atoms with E-state index in [1.54, 1.807) is 6.07 Å². The van der Waals surface area contributed by atoms with Gasteiger partial charge in [-0.05, 0) is 60.7 Å². The Balaban J connectivity index is 1.52. The van der Waals surface area contributed by atoms with Crippen molar-refractivity contribution in [1.29, 1.82) is 0 Å². The van der Waals surface area contributed by atoms with E-state index in [1.165, 1.54) is 22.4 Å². The van der Waals surface area contributed by atoms with E-state index < -0.39 is 0 Å². The van der Waals surface area contributed by atoms with Gasteiger partial charge in [0.05, 0.1) is 0 Å². The molecule has 1 fully saturated rings. The topological polar surface area (TPSA) is 36.7 Å². The predicted octanol–water partition coefficient (Wildman–Crippen LogP) is 4.29. The van der Waals surface area contributed by atoms with Crippen LogP contribution >= 0.6 is 0 Å². The summed E-state index contributed by atoms with van der Waals surface area (Å²) >= 11 is 0. The highest BCUT2D eigenvalue weighted by Crippen LogP contribution is 2.25. The van der Waals surface area contributed by atoms with Gasteiger partial charge in [0, 0.05) is 49.9 Å². The smallest absolute Gasteiger partial charge is 0.336 e. The molecule has 1 aliphatic heterocycles. The number of benzene rings is 2. The molecule has 2 aromatic carbocycles. The lowest BCUT2D eigenvalue weighted by molar-refractivity contribution is 0.250. The van der Waals surface area contributed by atoms with E-state index in [0.717, 1.165) is 50.1 Å². The van der Waals surface area contributed by atoms with E-state index >= 15 is 0 Å². The quantitative estimate of drug-likeness (QED) is 0.637. The molecule has 1 aromatic heterocycles. The second kappa shape index (κ2) is 7.80. The molecule has 0 bridgehead atoms. The minimum atomic E-state index is -0.263. The van der Waals surface area contributed by atoms with Gasteiger partial charge in [0.2, 0.25) is 0 Å². The Labute approximate surface area is 166 Å². The Bertz CT molecular complexity index is 1050. The van der Waals surface area contributed by atoms with Crippen LogP contribution in [0.4, 0.5) is 5.69 Å². The number of hydrogen-bond acceptors (Lipinski definition) is 4. The third kappa shape index (κ3) is 3.69. The van der Waals surface area contributed by atoms with Crippen LogP contribution in [0.3, 0.4) is 0 Å². The molecule has 0 N–H and O–H groups in total. The first-order chi connectivity index (χ1) is 13.5. The van der Waals surface area contributed by atoms with Gasteiger partial charge in [-0.25, -0.2) is 4.79 Å². The zero-order valence-electron chi connectivity index (χ0n) is 17.0. The van der Waals surface area contributed by atoms with Crippen molar-refractivity contribution < 1.29 is 4.42 Å². The number of piperazine rings is 1. The molecule has 4 heteroatoms. The zero-order valence-corrected chi connectivity index (χ0v) is 17.0. The minimum Gasteiger partial charge on any atom is -0.423 e. The zero-order chi connectivity index (χ0) is 19.7. The van der Waals surface area contributed by atoms with Crippen molar-refractivity contribution in [2.45, 2.75) is 33.7 Å². The summed E-state index contributed by atoms with van der Waals surface area (Å²) in [4.78, 5) is 16.9. The van der Waals surface area contributed by atoms with Gasteiger partial charge in [0.25, 0.3) is 0 Å². The van der Waals surface area contributed by atoms with Gasteiger partial charge < -0.3 is 9.32 Å². The lowest BCUT2D eigenvalue weighted by atomic mass is 10.0. The summed E-state index contributed by atoms with van der Waals surface area (Å²) in [6, 6.07) is 14.3. The Hall–Kier alpha value is -2.59. The summed E-state index contributed by atoms with van der Waals surface area (Å²) in [5, 5.41) is 1.07. The second-order valence-electron chi connectivity index (χ2n) is 7.76. The Morgan fingerprint density at radius 3 is 2.54 bits per heavy atom. The van der Waals surface area contributed by atoms with Crippen LogP contribution in [0, 0.1) is 13.8 Å². The van der Waals surface area contributed by atoms with Gasteiger partial charge in [-0.1, -0.05) is 25.1 Å². The average Bonchev–Trinajstić information content (AvgIpc) is 2.70. The van der Waals surface area contributed by atoms with E-state index in [1.807, 2.05) is 12.1 Å². The Morgan fingerprint density at radius 2 is 1.79 bits per heavy atom. The van der Waals surface area contributed by atoms with Crippen LogP contribution < -0.4 is 10.5 Å². The fourth-order valence-corrected chi connectivity index (χ4v) is 4.09. The first-order valence-corrected chi connectivity index (χ1v) is 10.1. The van der Waals surface area contributed by atoms with Crippen molar-refractivity contribution >= 4 is 16.7 Å². The minimum absolute atomic E-state index is 0.263. The van der Waals surface area contributed by atoms with Crippen molar-refractivity contribution in [3.05, 3.63) is 75.1 Å². The molecule has 0 saturated carbocycles. The molecule has 0 atom stereocenters. The van der Waals surface area contributed by atoms with Gasteiger partial charge >= 0.3 is 5.63 Å². The van der Waals surface area contributed by atoms with Crippen molar-refractivity contribution in [2.24, 2.45) is 0 Å². The number of aryl methyl sites for hydroxylation is 2. The fourth-order valence-electron chi connectivity index (χ4n) is 4.09. The van der Waals surface area contributed by atoms with E-state index in [0.29, 0.717) is 5.58 Å². The van der Waals surface area contributed by atoms with Crippen LogP contribution in [0.2, 0.25) is 0 Å². The molecule has 146 valence electrons. The standard InChI is InChI=1S/C24H28N2O2/c1-4-19-8-9-23-21(14-19)20(15-24(27)28-23)16-25-10-12-26(13-11-25)22-7-5-6-17(2)18(22)3/h5-9,14-15H,4,10-13,16H2,1-3H3. The number of hydrogen-bond donors (Lipinski definition) is 0. The molecule has 0 radical (unpaired) electrons. The van der Waals surface area contributed by atoms with E-state index in [2.05, 4.69) is 54.8 Å². The average molecular weight is 377 g/mol. The van der Waals surface area contributed by atoms with E-state index in [4.69, 9.17) is 4.42 Å². The monoisotopic (exact) mass is 376 g/mol. The van der Waals surface area contributed by atoms with Crippen LogP contribution in [0.5, 0.6) is 0 Å². The van der Waals surface area contributed by atoms with E-state index in [9.17, 15) is 4.79 Å². The van der Waals surface area contributed by atoms with Crippen molar-refractivity contribution in [2.75, 3.05) is 31.1 Å². The van der Waals surface area contributed by atoms with Crippen LogP contribution in [-0.4, -0.2) is 31.1 Å². The van der Waals surface area contributed by atoms with Crippen LogP contribution in [0.25, 0.3) is 11.0 Å². The number of fused-ring (bicyclic) bond motifs is 1. The lowest BCUT2D eigenvalue weighted by Crippen LogP contribution is -2.46. The Morgan fingerprint density at radius 1 is 1.00 bits per heavy atom. The maximum absolute atomic E-state index is 12.0. The predicted molar refractivity (Wildman–Crippen MR) is 115 cm³/mol. The fraction of sp³-hybridized carbons (Fsp3) is 0.375. The molecule has 4 nitrogen and oxygen atoms in total. The van der Waals surface area contributed by atoms with Crippen LogP contribution in [-0.2, 0) is 13.0 Å². The summed E-state index contributed by atoms with van der Waals surface area (Å²) in [6.07, 6.45) is 0.975. The van der Waals surface area contributed by atoms with Gasteiger partial charge in [-0.2, -0.15) is 0 Å². The van der Waals surface area contributed by atoms with Gasteiger partial charge in [0.15, 0.2) is 0 Å². The first-order valence-electron chi connectivity index (χ1n) is 10.1. The van der Waals surface area contributed by atoms with Crippen LogP contribution in [0.15, 0.2) is 51.7 Å². The molecule has 0 unspecified atom stereocenters. The van der Waals surface area contributed by atoms with Crippen molar-refractivity contribution in [3.63, 3.8) is 0 Å². The maximum atomic E-state index is 12.0. The molecular weight excluding hydrogens is 348 g/mol. The van der Waals surface area contributed by atoms with Gasteiger partial charge in [-0.3, -0.25) is 4.90 Å². The summed E-state index contributed by atoms with van der Waals surface area (Å²) in [7, 11) is 0.